The molecular formula is C56H37NO. The van der Waals surface area contributed by atoms with Crippen molar-refractivity contribution in [2.75, 3.05) is 4.90 Å². The first-order valence-corrected chi connectivity index (χ1v) is 19.8. The van der Waals surface area contributed by atoms with Crippen LogP contribution < -0.4 is 4.90 Å². The van der Waals surface area contributed by atoms with Gasteiger partial charge >= 0.3 is 0 Å². The van der Waals surface area contributed by atoms with Crippen molar-refractivity contribution in [3.63, 3.8) is 0 Å². The van der Waals surface area contributed by atoms with Crippen LogP contribution in [0.15, 0.2) is 205 Å². The van der Waals surface area contributed by atoms with E-state index < -0.39 is 5.41 Å². The zero-order chi connectivity index (χ0) is 38.8. The number of hydrogen-bond acceptors (Lipinski definition) is 2. The summed E-state index contributed by atoms with van der Waals surface area (Å²) in [5, 5.41) is 2.28. The Hall–Kier alpha value is -7.60. The van der Waals surface area contributed by atoms with Crippen LogP contribution in [0.3, 0.4) is 0 Å². The van der Waals surface area contributed by atoms with Crippen LogP contribution in [0.5, 0.6) is 0 Å². The van der Waals surface area contributed by atoms with Gasteiger partial charge in [0.25, 0.3) is 0 Å². The Bertz CT molecular complexity index is 3170. The van der Waals surface area contributed by atoms with Gasteiger partial charge in [-0.2, -0.15) is 0 Å². The Balaban J connectivity index is 1.19. The number of rotatable bonds is 6. The van der Waals surface area contributed by atoms with Crippen LogP contribution >= 0.6 is 0 Å². The average Bonchev–Trinajstić information content (AvgIpc) is 3.92. The van der Waals surface area contributed by atoms with E-state index in [0.717, 1.165) is 50.1 Å². The van der Waals surface area contributed by atoms with E-state index in [1.165, 1.54) is 55.6 Å². The number of anilines is 3. The summed E-state index contributed by atoms with van der Waals surface area (Å²) >= 11 is 0. The van der Waals surface area contributed by atoms with Crippen molar-refractivity contribution >= 4 is 44.6 Å². The van der Waals surface area contributed by atoms with E-state index in [9.17, 15) is 0 Å². The number of fused-ring (bicyclic) bond motifs is 14. The summed E-state index contributed by atoms with van der Waals surface area (Å²) in [5.74, 6) is 2.59. The second kappa shape index (κ2) is 13.3. The molecule has 1 heterocycles. The van der Waals surface area contributed by atoms with Gasteiger partial charge in [0.2, 0.25) is 0 Å². The lowest BCUT2D eigenvalue weighted by molar-refractivity contribution is 0.669. The van der Waals surface area contributed by atoms with Crippen LogP contribution in [-0.2, 0) is 5.41 Å². The lowest BCUT2D eigenvalue weighted by Crippen LogP contribution is -2.28. The first-order valence-electron chi connectivity index (χ1n) is 19.8. The molecule has 0 amide bonds. The van der Waals surface area contributed by atoms with Crippen molar-refractivity contribution < 1.29 is 4.42 Å². The van der Waals surface area contributed by atoms with Crippen LogP contribution in [-0.4, -0.2) is 0 Å². The molecule has 0 radical (unpaired) electrons. The first kappa shape index (κ1) is 33.7. The van der Waals surface area contributed by atoms with Crippen LogP contribution in [0, 0.1) is 12.3 Å². The largest absolute Gasteiger partial charge is 0.455 e. The van der Waals surface area contributed by atoms with E-state index in [0.29, 0.717) is 0 Å². The molecule has 58 heavy (non-hydrogen) atoms. The molecule has 272 valence electrons. The minimum absolute atomic E-state index is 0.605. The van der Waals surface area contributed by atoms with Gasteiger partial charge in [-0.25, -0.2) is 0 Å². The van der Waals surface area contributed by atoms with Gasteiger partial charge in [0, 0.05) is 33.3 Å². The van der Waals surface area contributed by atoms with E-state index in [4.69, 9.17) is 10.8 Å². The Morgan fingerprint density at radius 2 is 1.21 bits per heavy atom. The minimum atomic E-state index is -0.605. The first-order chi connectivity index (χ1) is 28.7. The number of allylic oxidation sites excluding steroid dienone is 4. The molecule has 1 atom stereocenters. The molecule has 11 rings (SSSR count). The van der Waals surface area contributed by atoms with E-state index in [2.05, 4.69) is 206 Å². The second-order valence-corrected chi connectivity index (χ2v) is 15.2. The van der Waals surface area contributed by atoms with Crippen LogP contribution in [0.1, 0.15) is 34.7 Å². The zero-order valence-corrected chi connectivity index (χ0v) is 32.0. The molecule has 2 aliphatic rings. The number of nitrogens with zero attached hydrogens (tertiary/aromatic N) is 1. The molecule has 0 aliphatic heterocycles. The van der Waals surface area contributed by atoms with Gasteiger partial charge in [0.05, 0.1) is 11.1 Å². The number of benzene rings is 8. The van der Waals surface area contributed by atoms with E-state index >= 15 is 0 Å². The Labute approximate surface area is 338 Å². The number of furan rings is 1. The molecule has 1 spiro atoms. The quantitative estimate of drug-likeness (QED) is 0.125. The van der Waals surface area contributed by atoms with Gasteiger partial charge in [0.15, 0.2) is 0 Å². The molecule has 9 aromatic rings. The Kier molecular flexibility index (Phi) is 7.71. The highest BCUT2D eigenvalue weighted by Gasteiger charge is 2.54. The van der Waals surface area contributed by atoms with Crippen molar-refractivity contribution in [1.29, 1.82) is 0 Å². The van der Waals surface area contributed by atoms with E-state index in [1.54, 1.807) is 6.08 Å². The van der Waals surface area contributed by atoms with Gasteiger partial charge in [0.1, 0.15) is 11.2 Å². The molecule has 8 aromatic carbocycles. The smallest absolute Gasteiger partial charge is 0.143 e. The number of terminal acetylenes is 1. The maximum Gasteiger partial charge on any atom is 0.143 e. The fraction of sp³-hybridized carbons (Fsp3) is 0.0357. The van der Waals surface area contributed by atoms with Crippen molar-refractivity contribution in [3.8, 4) is 45.7 Å². The zero-order valence-electron chi connectivity index (χ0n) is 32.0. The van der Waals surface area contributed by atoms with Gasteiger partial charge in [-0.15, -0.1) is 6.42 Å². The molecule has 2 heteroatoms. The van der Waals surface area contributed by atoms with Crippen LogP contribution in [0.25, 0.3) is 60.9 Å². The fourth-order valence-corrected chi connectivity index (χ4v) is 9.70. The molecular weight excluding hydrogens is 703 g/mol. The molecule has 2 nitrogen and oxygen atoms in total. The molecule has 0 saturated carbocycles. The third kappa shape index (κ3) is 4.87. The average molecular weight is 740 g/mol. The Morgan fingerprint density at radius 3 is 1.98 bits per heavy atom. The van der Waals surface area contributed by atoms with Crippen LogP contribution in [0.4, 0.5) is 17.1 Å². The van der Waals surface area contributed by atoms with Crippen molar-refractivity contribution in [1.82, 2.24) is 0 Å². The monoisotopic (exact) mass is 739 g/mol. The summed E-state index contributed by atoms with van der Waals surface area (Å²) < 4.78 is 6.83. The van der Waals surface area contributed by atoms with Gasteiger partial charge in [-0.3, -0.25) is 0 Å². The maximum absolute atomic E-state index is 6.83. The summed E-state index contributed by atoms with van der Waals surface area (Å²) in [6.07, 6.45) is 11.2. The third-order valence-electron chi connectivity index (χ3n) is 12.2. The highest BCUT2D eigenvalue weighted by Crippen LogP contribution is 2.66. The third-order valence-corrected chi connectivity index (χ3v) is 12.2. The summed E-state index contributed by atoms with van der Waals surface area (Å²) in [7, 11) is 0. The van der Waals surface area contributed by atoms with E-state index in [-0.39, 0.29) is 0 Å². The lowest BCUT2D eigenvalue weighted by atomic mass is 9.70. The molecule has 1 unspecified atom stereocenters. The second-order valence-electron chi connectivity index (χ2n) is 15.2. The van der Waals surface area contributed by atoms with Gasteiger partial charge < -0.3 is 9.32 Å². The fourth-order valence-electron chi connectivity index (χ4n) is 9.70. The summed E-state index contributed by atoms with van der Waals surface area (Å²) in [6.45, 7) is 2.12. The minimum Gasteiger partial charge on any atom is -0.455 e. The normalized spacial score (nSPS) is 15.1. The van der Waals surface area contributed by atoms with Crippen molar-refractivity contribution in [3.05, 3.63) is 228 Å². The van der Waals surface area contributed by atoms with E-state index in [1.807, 2.05) is 6.08 Å². The predicted octanol–water partition coefficient (Wildman–Crippen LogP) is 14.7. The van der Waals surface area contributed by atoms with Gasteiger partial charge in [-0.05, 0) is 105 Å². The van der Waals surface area contributed by atoms with Gasteiger partial charge in [-0.1, -0.05) is 164 Å². The predicted molar refractivity (Wildman–Crippen MR) is 242 cm³/mol. The molecule has 2 aliphatic carbocycles. The maximum atomic E-state index is 6.83. The van der Waals surface area contributed by atoms with Crippen molar-refractivity contribution in [2.45, 2.75) is 12.3 Å². The molecule has 0 bridgehead atoms. The lowest BCUT2D eigenvalue weighted by Gasteiger charge is -2.36. The molecule has 0 N–H and O–H groups in total. The van der Waals surface area contributed by atoms with Crippen LogP contribution in [0.2, 0.25) is 0 Å². The molecule has 1 aromatic heterocycles. The highest BCUT2D eigenvalue weighted by molar-refractivity contribution is 6.13. The Morgan fingerprint density at radius 1 is 0.569 bits per heavy atom. The molecule has 0 saturated heterocycles. The summed E-state index contributed by atoms with van der Waals surface area (Å²) in [6, 6.07) is 66.3. The summed E-state index contributed by atoms with van der Waals surface area (Å²) in [4.78, 5) is 2.45. The standard InChI is InChI=1S/C56H37NO/c1-3-4-6-16-37(2)38-27-31-41(32-28-38)57(42-33-29-40(30-34-42)39-17-7-5-8-18-39)51-25-15-22-45-43-19-9-12-23-48(43)56(54(45)51)49-24-13-10-21-47(49)53-50(56)36-35-46-44-20-11-14-26-52(44)58-55(46)53/h1,4-36H,2H3/b6-4-,37-16+. The SMILES string of the molecule is C#C/C=C\C=C(/C)c1ccc(N(c2ccc(-c3ccccc3)cc2)c2cccc3c2C2(c4ccccc4-3)c3ccccc3-c3c2ccc2c3oc3ccccc32)cc1. The highest BCUT2D eigenvalue weighted by atomic mass is 16.3. The molecule has 0 fully saturated rings. The van der Waals surface area contributed by atoms with Crippen molar-refractivity contribution in [2.24, 2.45) is 0 Å². The topological polar surface area (TPSA) is 16.4 Å². The summed E-state index contributed by atoms with van der Waals surface area (Å²) in [5.41, 5.74) is 19.1. The number of para-hydroxylation sites is 1. The number of hydrogen-bond donors (Lipinski definition) is 0.